The predicted octanol–water partition coefficient (Wildman–Crippen LogP) is 3.67. The Balaban J connectivity index is 1.58. The van der Waals surface area contributed by atoms with E-state index in [1.165, 1.54) is 0 Å². The molecule has 0 spiro atoms. The van der Waals surface area contributed by atoms with Crippen molar-refractivity contribution in [3.8, 4) is 23.0 Å². The summed E-state index contributed by atoms with van der Waals surface area (Å²) in [6.07, 6.45) is 6.40. The molecule has 3 N–H and O–H groups in total. The summed E-state index contributed by atoms with van der Waals surface area (Å²) in [6, 6.07) is 15.1. The molecule has 0 aliphatic carbocycles. The summed E-state index contributed by atoms with van der Waals surface area (Å²) in [7, 11) is 0. The summed E-state index contributed by atoms with van der Waals surface area (Å²) in [5.41, 5.74) is 11.7. The standard InChI is InChI=1S/C23H15N5O/c24-21-11-17(20-9-10-25-23(20)27-21)5-7-19-12-26-22-8-6-18(13-28(19)22)16-3-1-15(14-29)2-4-16/h1-4,6,8-14H,(H3,24,25,27). The monoisotopic (exact) mass is 377 g/mol. The number of benzene rings is 1. The van der Waals surface area contributed by atoms with Crippen molar-refractivity contribution in [3.05, 3.63) is 83.9 Å². The van der Waals surface area contributed by atoms with E-state index in [4.69, 9.17) is 5.73 Å². The number of aldehydes is 1. The van der Waals surface area contributed by atoms with E-state index in [0.29, 0.717) is 17.0 Å². The van der Waals surface area contributed by atoms with Crippen LogP contribution >= 0.6 is 0 Å². The third kappa shape index (κ3) is 3.01. The van der Waals surface area contributed by atoms with Gasteiger partial charge in [-0.15, -0.1) is 0 Å². The fraction of sp³-hybridized carbons (Fsp3) is 0. The predicted molar refractivity (Wildman–Crippen MR) is 113 cm³/mol. The molecule has 0 saturated heterocycles. The molecule has 1 aromatic carbocycles. The quantitative estimate of drug-likeness (QED) is 0.363. The van der Waals surface area contributed by atoms with Crippen molar-refractivity contribution in [2.75, 3.05) is 5.73 Å². The minimum absolute atomic E-state index is 0.420. The number of pyridine rings is 2. The molecule has 0 radical (unpaired) electrons. The van der Waals surface area contributed by atoms with Crippen molar-refractivity contribution in [1.29, 1.82) is 0 Å². The number of aromatic nitrogens is 4. The van der Waals surface area contributed by atoms with Gasteiger partial charge in [0.15, 0.2) is 0 Å². The zero-order chi connectivity index (χ0) is 19.8. The number of nitrogens with two attached hydrogens (primary N) is 1. The molecule has 0 amide bonds. The van der Waals surface area contributed by atoms with Gasteiger partial charge in [0.25, 0.3) is 0 Å². The summed E-state index contributed by atoms with van der Waals surface area (Å²) < 4.78 is 1.95. The van der Waals surface area contributed by atoms with Crippen LogP contribution in [0, 0.1) is 11.8 Å². The van der Waals surface area contributed by atoms with Crippen molar-refractivity contribution in [2.45, 2.75) is 0 Å². The van der Waals surface area contributed by atoms with Gasteiger partial charge < -0.3 is 10.7 Å². The van der Waals surface area contributed by atoms with E-state index >= 15 is 0 Å². The second-order valence-electron chi connectivity index (χ2n) is 6.61. The molecule has 138 valence electrons. The van der Waals surface area contributed by atoms with E-state index in [0.717, 1.165) is 39.7 Å². The molecule has 4 heterocycles. The van der Waals surface area contributed by atoms with Gasteiger partial charge in [-0.25, -0.2) is 9.97 Å². The number of anilines is 1. The average Bonchev–Trinajstić information content (AvgIpc) is 3.38. The maximum Gasteiger partial charge on any atom is 0.150 e. The van der Waals surface area contributed by atoms with Crippen LogP contribution in [0.2, 0.25) is 0 Å². The van der Waals surface area contributed by atoms with Gasteiger partial charge in [0.05, 0.1) is 6.20 Å². The van der Waals surface area contributed by atoms with Crippen molar-refractivity contribution in [3.63, 3.8) is 0 Å². The minimum atomic E-state index is 0.420. The summed E-state index contributed by atoms with van der Waals surface area (Å²) in [6.45, 7) is 0. The van der Waals surface area contributed by atoms with Gasteiger partial charge in [0.2, 0.25) is 0 Å². The Morgan fingerprint density at radius 2 is 1.86 bits per heavy atom. The number of hydrogen-bond acceptors (Lipinski definition) is 4. The molecular weight excluding hydrogens is 362 g/mol. The lowest BCUT2D eigenvalue weighted by atomic mass is 10.1. The van der Waals surface area contributed by atoms with Crippen LogP contribution in [-0.2, 0) is 0 Å². The average molecular weight is 377 g/mol. The molecule has 0 bridgehead atoms. The van der Waals surface area contributed by atoms with E-state index in [1.54, 1.807) is 24.4 Å². The van der Waals surface area contributed by atoms with E-state index in [9.17, 15) is 4.79 Å². The van der Waals surface area contributed by atoms with Crippen LogP contribution in [0.3, 0.4) is 0 Å². The van der Waals surface area contributed by atoms with Crippen molar-refractivity contribution >= 4 is 28.8 Å². The molecule has 29 heavy (non-hydrogen) atoms. The number of nitrogens with zero attached hydrogens (tertiary/aromatic N) is 3. The molecule has 5 aromatic rings. The number of hydrogen-bond donors (Lipinski definition) is 2. The highest BCUT2D eigenvalue weighted by Gasteiger charge is 2.06. The Morgan fingerprint density at radius 3 is 2.69 bits per heavy atom. The van der Waals surface area contributed by atoms with Crippen LogP contribution in [0.25, 0.3) is 27.8 Å². The second kappa shape index (κ2) is 6.66. The first-order chi connectivity index (χ1) is 14.2. The molecule has 0 fully saturated rings. The summed E-state index contributed by atoms with van der Waals surface area (Å²) in [4.78, 5) is 22.6. The third-order valence-electron chi connectivity index (χ3n) is 4.76. The molecule has 4 aromatic heterocycles. The van der Waals surface area contributed by atoms with Gasteiger partial charge >= 0.3 is 0 Å². The zero-order valence-electron chi connectivity index (χ0n) is 15.3. The van der Waals surface area contributed by atoms with Crippen LogP contribution < -0.4 is 5.73 Å². The first-order valence-corrected chi connectivity index (χ1v) is 8.99. The molecule has 6 nitrogen and oxygen atoms in total. The Labute approximate surface area is 166 Å². The molecule has 5 rings (SSSR count). The second-order valence-corrected chi connectivity index (χ2v) is 6.61. The lowest BCUT2D eigenvalue weighted by Crippen LogP contribution is -1.93. The number of rotatable bonds is 2. The summed E-state index contributed by atoms with van der Waals surface area (Å²) >= 11 is 0. The minimum Gasteiger partial charge on any atom is -0.384 e. The smallest absolute Gasteiger partial charge is 0.150 e. The van der Waals surface area contributed by atoms with Crippen molar-refractivity contribution < 1.29 is 4.79 Å². The molecular formula is C23H15N5O. The Morgan fingerprint density at radius 1 is 1.03 bits per heavy atom. The first-order valence-electron chi connectivity index (χ1n) is 8.99. The van der Waals surface area contributed by atoms with Gasteiger partial charge in [-0.3, -0.25) is 9.20 Å². The van der Waals surface area contributed by atoms with E-state index in [-0.39, 0.29) is 0 Å². The van der Waals surface area contributed by atoms with Crippen LogP contribution in [0.5, 0.6) is 0 Å². The van der Waals surface area contributed by atoms with Gasteiger partial charge in [-0.1, -0.05) is 30.2 Å². The molecule has 6 heteroatoms. The normalized spacial score (nSPS) is 10.8. The highest BCUT2D eigenvalue weighted by atomic mass is 16.1. The highest BCUT2D eigenvalue weighted by Crippen LogP contribution is 2.21. The lowest BCUT2D eigenvalue weighted by molar-refractivity contribution is 0.112. The largest absolute Gasteiger partial charge is 0.384 e. The van der Waals surface area contributed by atoms with Gasteiger partial charge in [-0.2, -0.15) is 0 Å². The number of carbonyl (C=O) groups excluding carboxylic acids is 1. The fourth-order valence-corrected chi connectivity index (χ4v) is 3.29. The Hall–Kier alpha value is -4.37. The van der Waals surface area contributed by atoms with E-state index in [1.807, 2.05) is 47.1 Å². The molecule has 0 atom stereocenters. The van der Waals surface area contributed by atoms with Crippen molar-refractivity contribution in [2.24, 2.45) is 0 Å². The molecule has 0 saturated carbocycles. The van der Waals surface area contributed by atoms with Gasteiger partial charge in [-0.05, 0) is 41.3 Å². The van der Waals surface area contributed by atoms with Gasteiger partial charge in [0, 0.05) is 28.9 Å². The summed E-state index contributed by atoms with van der Waals surface area (Å²) in [5.74, 6) is 6.81. The van der Waals surface area contributed by atoms with Crippen molar-refractivity contribution in [1.82, 2.24) is 19.4 Å². The van der Waals surface area contributed by atoms with E-state index < -0.39 is 0 Å². The number of carbonyl (C=O) groups is 1. The van der Waals surface area contributed by atoms with Crippen LogP contribution in [0.15, 0.2) is 67.1 Å². The first kappa shape index (κ1) is 16.8. The fourth-order valence-electron chi connectivity index (χ4n) is 3.29. The highest BCUT2D eigenvalue weighted by molar-refractivity contribution is 5.84. The number of nitrogen functional groups attached to an aromatic ring is 1. The topological polar surface area (TPSA) is 89.1 Å². The maximum absolute atomic E-state index is 10.9. The summed E-state index contributed by atoms with van der Waals surface area (Å²) in [5, 5.41) is 0.927. The van der Waals surface area contributed by atoms with Crippen LogP contribution in [-0.4, -0.2) is 25.6 Å². The number of fused-ring (bicyclic) bond motifs is 2. The van der Waals surface area contributed by atoms with Crippen LogP contribution in [0.4, 0.5) is 5.82 Å². The number of nitrogens with one attached hydrogen (secondary N) is 1. The number of imidazole rings is 1. The zero-order valence-corrected chi connectivity index (χ0v) is 15.3. The third-order valence-corrected chi connectivity index (χ3v) is 4.76. The van der Waals surface area contributed by atoms with E-state index in [2.05, 4.69) is 26.8 Å². The van der Waals surface area contributed by atoms with Gasteiger partial charge in [0.1, 0.15) is 29.1 Å². The lowest BCUT2D eigenvalue weighted by Gasteiger charge is -2.04. The Bertz CT molecular complexity index is 1430. The SMILES string of the molecule is Nc1cc(C#Cc2cnc3ccc(-c4ccc(C=O)cc4)cn23)c2cc[nH]c2n1. The van der Waals surface area contributed by atoms with Crippen LogP contribution in [0.1, 0.15) is 21.6 Å². The molecule has 0 unspecified atom stereocenters. The molecule has 0 aliphatic rings. The number of aromatic amines is 1. The molecule has 0 aliphatic heterocycles. The number of H-pyrrole nitrogens is 1. The maximum atomic E-state index is 10.9. The Kier molecular flexibility index (Phi) is 3.85.